The molecule has 0 aromatic heterocycles. The van der Waals surface area contributed by atoms with Crippen LogP contribution < -0.4 is 5.32 Å². The molecule has 0 heterocycles. The number of rotatable bonds is 7. The smallest absolute Gasteiger partial charge is 0.335 e. The third kappa shape index (κ3) is 4.48. The average Bonchev–Trinajstić information content (AvgIpc) is 3.29. The third-order valence-corrected chi connectivity index (χ3v) is 3.58. The van der Waals surface area contributed by atoms with Crippen LogP contribution in [-0.2, 0) is 6.42 Å². The molecule has 2 rings (SSSR count). The maximum absolute atomic E-state index is 12.1. The van der Waals surface area contributed by atoms with E-state index in [1.165, 1.54) is 0 Å². The number of hydrogen-bond donors (Lipinski definition) is 2. The van der Waals surface area contributed by atoms with Gasteiger partial charge in [-0.15, -0.1) is 0 Å². The molecule has 2 N–H and O–H groups in total. The van der Waals surface area contributed by atoms with E-state index in [9.17, 15) is 9.59 Å². The van der Waals surface area contributed by atoms with Gasteiger partial charge >= 0.3 is 12.0 Å². The molecule has 0 unspecified atom stereocenters. The molecule has 1 aliphatic carbocycles. The topological polar surface area (TPSA) is 69.6 Å². The van der Waals surface area contributed by atoms with Crippen LogP contribution >= 0.6 is 0 Å². The van der Waals surface area contributed by atoms with E-state index in [0.717, 1.165) is 31.4 Å². The van der Waals surface area contributed by atoms with Crippen LogP contribution in [-0.4, -0.2) is 41.1 Å². The standard InChI is InChI=1S/C16H22N2O3/c1-2-10-18(14-6-7-14)16(21)17-9-8-12-4-3-5-13(11-12)15(19)20/h3-5,11,14H,2,6-10H2,1H3,(H,17,21)(H,19,20). The van der Waals surface area contributed by atoms with E-state index in [-0.39, 0.29) is 11.6 Å². The van der Waals surface area contributed by atoms with Gasteiger partial charge in [-0.3, -0.25) is 0 Å². The summed E-state index contributed by atoms with van der Waals surface area (Å²) in [7, 11) is 0. The fraction of sp³-hybridized carbons (Fsp3) is 0.500. The summed E-state index contributed by atoms with van der Waals surface area (Å²) in [4.78, 5) is 24.9. The normalized spacial score (nSPS) is 13.8. The highest BCUT2D eigenvalue weighted by atomic mass is 16.4. The molecule has 0 spiro atoms. The molecule has 0 saturated heterocycles. The van der Waals surface area contributed by atoms with Crippen LogP contribution in [0.3, 0.4) is 0 Å². The maximum Gasteiger partial charge on any atom is 0.335 e. The van der Waals surface area contributed by atoms with E-state index < -0.39 is 5.97 Å². The van der Waals surface area contributed by atoms with Gasteiger partial charge in [-0.2, -0.15) is 0 Å². The van der Waals surface area contributed by atoms with E-state index in [0.29, 0.717) is 19.0 Å². The number of hydrogen-bond acceptors (Lipinski definition) is 2. The summed E-state index contributed by atoms with van der Waals surface area (Å²) in [5.74, 6) is -0.927. The Balaban J connectivity index is 1.81. The second-order valence-electron chi connectivity index (χ2n) is 5.41. The van der Waals surface area contributed by atoms with Crippen LogP contribution in [0.15, 0.2) is 24.3 Å². The van der Waals surface area contributed by atoms with Crippen molar-refractivity contribution in [2.45, 2.75) is 38.6 Å². The van der Waals surface area contributed by atoms with Crippen molar-refractivity contribution in [1.82, 2.24) is 10.2 Å². The van der Waals surface area contributed by atoms with Gasteiger partial charge in [0.25, 0.3) is 0 Å². The van der Waals surface area contributed by atoms with E-state index in [4.69, 9.17) is 5.11 Å². The van der Waals surface area contributed by atoms with Crippen LogP contribution in [0.4, 0.5) is 4.79 Å². The number of aromatic carboxylic acids is 1. The molecule has 5 nitrogen and oxygen atoms in total. The van der Waals surface area contributed by atoms with Gasteiger partial charge in [0.15, 0.2) is 0 Å². The highest BCUT2D eigenvalue weighted by Gasteiger charge is 2.31. The Morgan fingerprint density at radius 2 is 2.14 bits per heavy atom. The monoisotopic (exact) mass is 290 g/mol. The number of carbonyl (C=O) groups is 2. The Morgan fingerprint density at radius 1 is 1.38 bits per heavy atom. The highest BCUT2D eigenvalue weighted by Crippen LogP contribution is 2.26. The summed E-state index contributed by atoms with van der Waals surface area (Å²) in [5, 5.41) is 11.9. The zero-order valence-corrected chi connectivity index (χ0v) is 12.3. The van der Waals surface area contributed by atoms with Gasteiger partial charge in [-0.05, 0) is 43.4 Å². The zero-order valence-electron chi connectivity index (χ0n) is 12.3. The minimum atomic E-state index is -0.927. The molecule has 0 aliphatic heterocycles. The molecule has 1 fully saturated rings. The van der Waals surface area contributed by atoms with Gasteiger partial charge in [0.1, 0.15) is 0 Å². The first-order valence-corrected chi connectivity index (χ1v) is 7.48. The van der Waals surface area contributed by atoms with Crippen LogP contribution in [0.2, 0.25) is 0 Å². The molecule has 1 aromatic carbocycles. The Hall–Kier alpha value is -2.04. The number of nitrogens with zero attached hydrogens (tertiary/aromatic N) is 1. The molecule has 0 bridgehead atoms. The summed E-state index contributed by atoms with van der Waals surface area (Å²) in [6, 6.07) is 7.24. The number of carbonyl (C=O) groups excluding carboxylic acids is 1. The summed E-state index contributed by atoms with van der Waals surface area (Å²) in [6.07, 6.45) is 3.81. The van der Waals surface area contributed by atoms with E-state index in [2.05, 4.69) is 12.2 Å². The Bertz CT molecular complexity index is 512. The number of nitrogens with one attached hydrogen (secondary N) is 1. The maximum atomic E-state index is 12.1. The van der Waals surface area contributed by atoms with Crippen LogP contribution in [0.5, 0.6) is 0 Å². The first-order chi connectivity index (χ1) is 10.1. The van der Waals surface area contributed by atoms with E-state index >= 15 is 0 Å². The van der Waals surface area contributed by atoms with Crippen molar-refractivity contribution in [3.05, 3.63) is 35.4 Å². The van der Waals surface area contributed by atoms with Gasteiger partial charge in [0.2, 0.25) is 0 Å². The summed E-state index contributed by atoms with van der Waals surface area (Å²) in [6.45, 7) is 3.39. The molecule has 5 heteroatoms. The summed E-state index contributed by atoms with van der Waals surface area (Å²) in [5.41, 5.74) is 1.20. The lowest BCUT2D eigenvalue weighted by molar-refractivity contribution is 0.0696. The minimum absolute atomic E-state index is 0.00580. The van der Waals surface area contributed by atoms with Crippen molar-refractivity contribution in [2.24, 2.45) is 0 Å². The quantitative estimate of drug-likeness (QED) is 0.810. The zero-order chi connectivity index (χ0) is 15.2. The van der Waals surface area contributed by atoms with E-state index in [1.54, 1.807) is 18.2 Å². The van der Waals surface area contributed by atoms with E-state index in [1.807, 2.05) is 11.0 Å². The predicted molar refractivity (Wildman–Crippen MR) is 80.5 cm³/mol. The SMILES string of the molecule is CCCN(C(=O)NCCc1cccc(C(=O)O)c1)C1CC1. The lowest BCUT2D eigenvalue weighted by atomic mass is 10.1. The largest absolute Gasteiger partial charge is 0.478 e. The molecule has 2 amide bonds. The number of amides is 2. The van der Waals surface area contributed by atoms with Gasteiger partial charge in [-0.25, -0.2) is 9.59 Å². The van der Waals surface area contributed by atoms with Crippen molar-refractivity contribution in [3.8, 4) is 0 Å². The number of benzene rings is 1. The first-order valence-electron chi connectivity index (χ1n) is 7.48. The number of carboxylic acids is 1. The lowest BCUT2D eigenvalue weighted by Gasteiger charge is -2.22. The fourth-order valence-electron chi connectivity index (χ4n) is 2.35. The second kappa shape index (κ2) is 7.11. The van der Waals surface area contributed by atoms with Crippen LogP contribution in [0.25, 0.3) is 0 Å². The number of urea groups is 1. The molecule has 21 heavy (non-hydrogen) atoms. The third-order valence-electron chi connectivity index (χ3n) is 3.58. The second-order valence-corrected chi connectivity index (χ2v) is 5.41. The Morgan fingerprint density at radius 3 is 2.76 bits per heavy atom. The van der Waals surface area contributed by atoms with Gasteiger partial charge in [-0.1, -0.05) is 19.1 Å². The van der Waals surface area contributed by atoms with Crippen molar-refractivity contribution in [1.29, 1.82) is 0 Å². The van der Waals surface area contributed by atoms with Gasteiger partial charge in [0.05, 0.1) is 5.56 Å². The van der Waals surface area contributed by atoms with Crippen molar-refractivity contribution in [3.63, 3.8) is 0 Å². The summed E-state index contributed by atoms with van der Waals surface area (Å²) >= 11 is 0. The lowest BCUT2D eigenvalue weighted by Crippen LogP contribution is -2.42. The predicted octanol–water partition coefficient (Wildman–Crippen LogP) is 2.51. The fourth-order valence-corrected chi connectivity index (χ4v) is 2.35. The van der Waals surface area contributed by atoms with Gasteiger partial charge in [0, 0.05) is 19.1 Å². The molecule has 1 aromatic rings. The molecular weight excluding hydrogens is 268 g/mol. The van der Waals surface area contributed by atoms with Crippen molar-refractivity contribution < 1.29 is 14.7 Å². The van der Waals surface area contributed by atoms with Crippen LogP contribution in [0, 0.1) is 0 Å². The number of carboxylic acid groups (broad SMARTS) is 1. The minimum Gasteiger partial charge on any atom is -0.478 e. The summed E-state index contributed by atoms with van der Waals surface area (Å²) < 4.78 is 0. The Kier molecular flexibility index (Phi) is 5.20. The van der Waals surface area contributed by atoms with Crippen LogP contribution in [0.1, 0.15) is 42.1 Å². The van der Waals surface area contributed by atoms with Crippen molar-refractivity contribution >= 4 is 12.0 Å². The molecule has 0 atom stereocenters. The molecule has 114 valence electrons. The molecule has 1 aliphatic rings. The average molecular weight is 290 g/mol. The van der Waals surface area contributed by atoms with Gasteiger partial charge < -0.3 is 15.3 Å². The molecule has 0 radical (unpaired) electrons. The molecule has 1 saturated carbocycles. The highest BCUT2D eigenvalue weighted by molar-refractivity contribution is 5.87. The Labute approximate surface area is 125 Å². The van der Waals surface area contributed by atoms with Crippen molar-refractivity contribution in [2.75, 3.05) is 13.1 Å². The molecular formula is C16H22N2O3. The first kappa shape index (κ1) is 15.4.